The Kier molecular flexibility index (Phi) is 6.07. The van der Waals surface area contributed by atoms with Crippen molar-refractivity contribution < 1.29 is 9.90 Å². The molecule has 1 aliphatic heterocycles. The van der Waals surface area contributed by atoms with E-state index in [9.17, 15) is 4.79 Å². The van der Waals surface area contributed by atoms with Gasteiger partial charge in [0.1, 0.15) is 0 Å². The summed E-state index contributed by atoms with van der Waals surface area (Å²) in [4.78, 5) is 14.1. The number of urea groups is 1. The molecule has 3 N–H and O–H groups in total. The maximum atomic E-state index is 11.7. The first-order chi connectivity index (χ1) is 10.6. The average molecular weight is 305 g/mol. The van der Waals surface area contributed by atoms with Crippen LogP contribution in [0.15, 0.2) is 24.3 Å². The van der Waals surface area contributed by atoms with Crippen molar-refractivity contribution in [2.75, 3.05) is 31.1 Å². The zero-order chi connectivity index (χ0) is 15.9. The Balaban J connectivity index is 1.71. The monoisotopic (exact) mass is 305 g/mol. The van der Waals surface area contributed by atoms with Gasteiger partial charge < -0.3 is 20.6 Å². The molecule has 22 heavy (non-hydrogen) atoms. The van der Waals surface area contributed by atoms with E-state index in [0.29, 0.717) is 31.5 Å². The van der Waals surface area contributed by atoms with Crippen molar-refractivity contribution in [3.63, 3.8) is 0 Å². The number of rotatable bonds is 7. The number of anilines is 1. The second-order valence-electron chi connectivity index (χ2n) is 6.13. The van der Waals surface area contributed by atoms with Gasteiger partial charge in [0.05, 0.1) is 0 Å². The number of carbonyl (C=O) groups is 1. The minimum Gasteiger partial charge on any atom is -0.396 e. The van der Waals surface area contributed by atoms with Crippen LogP contribution >= 0.6 is 0 Å². The maximum absolute atomic E-state index is 11.7. The largest absolute Gasteiger partial charge is 0.396 e. The molecule has 0 saturated heterocycles. The number of nitrogens with one attached hydrogen (secondary N) is 2. The van der Waals surface area contributed by atoms with E-state index in [1.165, 1.54) is 11.3 Å². The molecule has 0 fully saturated rings. The Morgan fingerprint density at radius 2 is 2.18 bits per heavy atom. The van der Waals surface area contributed by atoms with Crippen molar-refractivity contribution in [2.45, 2.75) is 32.7 Å². The number of hydrogen-bond donors (Lipinski definition) is 3. The smallest absolute Gasteiger partial charge is 0.314 e. The van der Waals surface area contributed by atoms with Gasteiger partial charge in [-0.05, 0) is 37.3 Å². The van der Waals surface area contributed by atoms with Gasteiger partial charge in [-0.15, -0.1) is 0 Å². The Morgan fingerprint density at radius 1 is 1.41 bits per heavy atom. The predicted molar refractivity (Wildman–Crippen MR) is 89.2 cm³/mol. The first kappa shape index (κ1) is 16.6. The summed E-state index contributed by atoms with van der Waals surface area (Å²) < 4.78 is 0. The van der Waals surface area contributed by atoms with Gasteiger partial charge in [-0.3, -0.25) is 0 Å². The van der Waals surface area contributed by atoms with Crippen molar-refractivity contribution in [1.29, 1.82) is 0 Å². The molecule has 5 nitrogen and oxygen atoms in total. The Labute approximate surface area is 132 Å². The normalized spacial score (nSPS) is 18.0. The van der Waals surface area contributed by atoms with Crippen molar-refractivity contribution in [2.24, 2.45) is 5.92 Å². The predicted octanol–water partition coefficient (Wildman–Crippen LogP) is 1.76. The molecule has 1 aliphatic rings. The molecule has 2 amide bonds. The highest BCUT2D eigenvalue weighted by molar-refractivity contribution is 5.73. The van der Waals surface area contributed by atoms with Crippen LogP contribution in [0.2, 0.25) is 0 Å². The molecule has 1 heterocycles. The lowest BCUT2D eigenvalue weighted by molar-refractivity contribution is 0.234. The van der Waals surface area contributed by atoms with E-state index in [4.69, 9.17) is 5.11 Å². The molecule has 2 unspecified atom stereocenters. The van der Waals surface area contributed by atoms with Gasteiger partial charge in [-0.2, -0.15) is 0 Å². The zero-order valence-electron chi connectivity index (χ0n) is 13.5. The summed E-state index contributed by atoms with van der Waals surface area (Å²) in [6.45, 7) is 6.43. The lowest BCUT2D eigenvalue weighted by Crippen LogP contribution is -2.42. The second kappa shape index (κ2) is 8.03. The number of carbonyl (C=O) groups excluding carboxylic acids is 1. The summed E-state index contributed by atoms with van der Waals surface area (Å²) in [5.41, 5.74) is 2.67. The van der Waals surface area contributed by atoms with Crippen molar-refractivity contribution in [3.05, 3.63) is 29.8 Å². The molecule has 0 aliphatic carbocycles. The lowest BCUT2D eigenvalue weighted by Gasteiger charge is -2.25. The summed E-state index contributed by atoms with van der Waals surface area (Å²) in [6.07, 6.45) is 1.78. The van der Waals surface area contributed by atoms with Crippen LogP contribution in [0.3, 0.4) is 0 Å². The van der Waals surface area contributed by atoms with E-state index < -0.39 is 0 Å². The van der Waals surface area contributed by atoms with Gasteiger partial charge in [-0.1, -0.05) is 25.1 Å². The molecular weight excluding hydrogens is 278 g/mol. The summed E-state index contributed by atoms with van der Waals surface area (Å²) >= 11 is 0. The van der Waals surface area contributed by atoms with Crippen LogP contribution in [0, 0.1) is 5.92 Å². The third kappa shape index (κ3) is 4.37. The van der Waals surface area contributed by atoms with Gasteiger partial charge in [0.15, 0.2) is 0 Å². The molecule has 0 bridgehead atoms. The molecule has 1 aromatic carbocycles. The third-order valence-electron chi connectivity index (χ3n) is 4.22. The molecule has 2 atom stereocenters. The van der Waals surface area contributed by atoms with Crippen LogP contribution in [-0.2, 0) is 6.42 Å². The van der Waals surface area contributed by atoms with Gasteiger partial charge in [0.2, 0.25) is 0 Å². The molecule has 0 radical (unpaired) electrons. The fraction of sp³-hybridized carbons (Fsp3) is 0.588. The molecule has 0 aromatic heterocycles. The highest BCUT2D eigenvalue weighted by Gasteiger charge is 2.24. The van der Waals surface area contributed by atoms with Gasteiger partial charge in [-0.25, -0.2) is 4.79 Å². The first-order valence-electron chi connectivity index (χ1n) is 8.09. The minimum atomic E-state index is -0.134. The molecule has 1 aromatic rings. The topological polar surface area (TPSA) is 64.6 Å². The number of amides is 2. The van der Waals surface area contributed by atoms with Crippen molar-refractivity contribution in [1.82, 2.24) is 10.6 Å². The molecule has 2 rings (SSSR count). The zero-order valence-corrected chi connectivity index (χ0v) is 13.5. The van der Waals surface area contributed by atoms with E-state index in [1.807, 2.05) is 6.92 Å². The van der Waals surface area contributed by atoms with Crippen molar-refractivity contribution >= 4 is 11.7 Å². The molecular formula is C17H27N3O2. The van der Waals surface area contributed by atoms with E-state index in [0.717, 1.165) is 13.0 Å². The van der Waals surface area contributed by atoms with E-state index >= 15 is 0 Å². The first-order valence-corrected chi connectivity index (χ1v) is 8.09. The van der Waals surface area contributed by atoms with Crippen LogP contribution in [0.4, 0.5) is 10.5 Å². The Hall–Kier alpha value is -1.75. The van der Waals surface area contributed by atoms with Crippen molar-refractivity contribution in [3.8, 4) is 0 Å². The standard InChI is InChI=1S/C17H27N3O2/c1-13(7-10-21)12-19-17(22)18-8-9-20-14(2)11-15-5-3-4-6-16(15)20/h3-6,13-14,21H,7-12H2,1-2H3,(H2,18,19,22). The SMILES string of the molecule is CC(CCO)CNC(=O)NCCN1c2ccccc2CC1C. The molecule has 0 saturated carbocycles. The van der Waals surface area contributed by atoms with Gasteiger partial charge in [0.25, 0.3) is 0 Å². The van der Waals surface area contributed by atoms with E-state index in [1.54, 1.807) is 0 Å². The molecule has 122 valence electrons. The van der Waals surface area contributed by atoms with Crippen LogP contribution in [0.25, 0.3) is 0 Å². The molecule has 0 spiro atoms. The maximum Gasteiger partial charge on any atom is 0.314 e. The Bertz CT molecular complexity index is 493. The number of hydrogen-bond acceptors (Lipinski definition) is 3. The number of aliphatic hydroxyl groups is 1. The average Bonchev–Trinajstić information content (AvgIpc) is 2.82. The van der Waals surface area contributed by atoms with Gasteiger partial charge >= 0.3 is 6.03 Å². The third-order valence-corrected chi connectivity index (χ3v) is 4.22. The lowest BCUT2D eigenvalue weighted by atomic mass is 10.1. The highest BCUT2D eigenvalue weighted by atomic mass is 16.3. The Morgan fingerprint density at radius 3 is 2.95 bits per heavy atom. The summed E-state index contributed by atoms with van der Waals surface area (Å²) in [5.74, 6) is 0.293. The number of benzene rings is 1. The van der Waals surface area contributed by atoms with E-state index in [-0.39, 0.29) is 12.6 Å². The fourth-order valence-electron chi connectivity index (χ4n) is 2.91. The number of fused-ring (bicyclic) bond motifs is 1. The molecule has 5 heteroatoms. The van der Waals surface area contributed by atoms with Gasteiger partial charge in [0, 0.05) is 38.0 Å². The summed E-state index contributed by atoms with van der Waals surface area (Å²) in [5, 5.41) is 14.6. The van der Waals surface area contributed by atoms with Crippen LogP contribution in [0.5, 0.6) is 0 Å². The van der Waals surface area contributed by atoms with Crippen LogP contribution in [-0.4, -0.2) is 43.4 Å². The summed E-state index contributed by atoms with van der Waals surface area (Å²) in [6, 6.07) is 8.81. The van der Waals surface area contributed by atoms with Crippen LogP contribution in [0.1, 0.15) is 25.8 Å². The number of para-hydroxylation sites is 1. The van der Waals surface area contributed by atoms with Crippen LogP contribution < -0.4 is 15.5 Å². The van der Waals surface area contributed by atoms with E-state index in [2.05, 4.69) is 46.7 Å². The summed E-state index contributed by atoms with van der Waals surface area (Å²) in [7, 11) is 0. The second-order valence-corrected chi connectivity index (χ2v) is 6.13. The quantitative estimate of drug-likeness (QED) is 0.719. The number of aliphatic hydroxyl groups excluding tert-OH is 1. The number of nitrogens with zero attached hydrogens (tertiary/aromatic N) is 1. The fourth-order valence-corrected chi connectivity index (χ4v) is 2.91. The minimum absolute atomic E-state index is 0.134. The highest BCUT2D eigenvalue weighted by Crippen LogP contribution is 2.30.